The molecule has 3 aromatic heterocycles. The molecule has 3 aromatic rings. The molecule has 1 aliphatic heterocycles. The summed E-state index contributed by atoms with van der Waals surface area (Å²) in [5.41, 5.74) is 1.80. The van der Waals surface area contributed by atoms with Crippen LogP contribution in [0.5, 0.6) is 0 Å². The van der Waals surface area contributed by atoms with Gasteiger partial charge in [0.2, 0.25) is 0 Å². The molecule has 2 aliphatic rings. The van der Waals surface area contributed by atoms with Crippen LogP contribution in [0.4, 0.5) is 16.3 Å². The van der Waals surface area contributed by atoms with Gasteiger partial charge in [-0.15, -0.1) is 10.2 Å². The Morgan fingerprint density at radius 1 is 1.26 bits per heavy atom. The third kappa shape index (κ3) is 3.18. The highest BCUT2D eigenvalue weighted by Gasteiger charge is 2.39. The number of nitrogens with one attached hydrogen (secondary N) is 1. The maximum atomic E-state index is 11.2. The molecular weight excluding hydrogens is 396 g/mol. The van der Waals surface area contributed by atoms with Gasteiger partial charge in [0.15, 0.2) is 17.5 Å². The molecule has 4 heterocycles. The molecule has 1 unspecified atom stereocenters. The molecule has 0 saturated heterocycles. The molecule has 0 radical (unpaired) electrons. The van der Waals surface area contributed by atoms with E-state index in [1.165, 1.54) is 19.0 Å². The first-order valence-electron chi connectivity index (χ1n) is 10.6. The number of carboxylic acid groups (broad SMARTS) is 1. The van der Waals surface area contributed by atoms with Gasteiger partial charge in [0.25, 0.3) is 0 Å². The predicted molar refractivity (Wildman–Crippen MR) is 114 cm³/mol. The minimum absolute atomic E-state index is 0.0774. The largest absolute Gasteiger partial charge is 0.465 e. The highest BCUT2D eigenvalue weighted by Crippen LogP contribution is 2.43. The Labute approximate surface area is 179 Å². The highest BCUT2D eigenvalue weighted by molar-refractivity contribution is 5.89. The van der Waals surface area contributed by atoms with Crippen molar-refractivity contribution in [3.8, 4) is 17.1 Å². The van der Waals surface area contributed by atoms with Crippen LogP contribution in [-0.2, 0) is 0 Å². The minimum Gasteiger partial charge on any atom is -0.465 e. The number of carbonyl (C=O) groups is 1. The van der Waals surface area contributed by atoms with Crippen molar-refractivity contribution in [3.63, 3.8) is 0 Å². The van der Waals surface area contributed by atoms with Gasteiger partial charge in [-0.3, -0.25) is 14.9 Å². The van der Waals surface area contributed by atoms with Gasteiger partial charge in [-0.1, -0.05) is 19.8 Å². The van der Waals surface area contributed by atoms with Gasteiger partial charge in [-0.25, -0.2) is 14.8 Å². The fourth-order valence-corrected chi connectivity index (χ4v) is 4.80. The van der Waals surface area contributed by atoms with Gasteiger partial charge in [-0.2, -0.15) is 0 Å². The lowest BCUT2D eigenvalue weighted by Crippen LogP contribution is -2.42. The summed E-state index contributed by atoms with van der Waals surface area (Å²) in [6, 6.07) is 2.18. The van der Waals surface area contributed by atoms with Crippen molar-refractivity contribution in [2.24, 2.45) is 0 Å². The van der Waals surface area contributed by atoms with Gasteiger partial charge in [0.05, 0.1) is 24.1 Å². The monoisotopic (exact) mass is 420 g/mol. The van der Waals surface area contributed by atoms with Crippen LogP contribution in [0.15, 0.2) is 24.7 Å². The van der Waals surface area contributed by atoms with Crippen LogP contribution in [0.25, 0.3) is 17.1 Å². The summed E-state index contributed by atoms with van der Waals surface area (Å²) in [6.45, 7) is 4.09. The van der Waals surface area contributed by atoms with E-state index in [-0.39, 0.29) is 6.04 Å². The van der Waals surface area contributed by atoms with Crippen molar-refractivity contribution in [2.45, 2.75) is 58.0 Å². The summed E-state index contributed by atoms with van der Waals surface area (Å²) in [5, 5.41) is 20.4. The van der Waals surface area contributed by atoms with E-state index in [9.17, 15) is 9.90 Å². The fourth-order valence-electron chi connectivity index (χ4n) is 4.80. The summed E-state index contributed by atoms with van der Waals surface area (Å²) in [7, 11) is 0. The zero-order chi connectivity index (χ0) is 21.5. The van der Waals surface area contributed by atoms with E-state index in [0.29, 0.717) is 23.1 Å². The zero-order valence-corrected chi connectivity index (χ0v) is 17.5. The molecule has 10 heteroatoms. The number of nitrogens with zero attached hydrogens (tertiary/aromatic N) is 7. The van der Waals surface area contributed by atoms with Crippen LogP contribution in [0.3, 0.4) is 0 Å². The van der Waals surface area contributed by atoms with Gasteiger partial charge in [0.1, 0.15) is 11.5 Å². The van der Waals surface area contributed by atoms with Gasteiger partial charge in [-0.05, 0) is 32.3 Å². The molecule has 1 atom stereocenters. The summed E-state index contributed by atoms with van der Waals surface area (Å²) in [5.74, 6) is 3.02. The molecule has 1 saturated carbocycles. The lowest BCUT2D eigenvalue weighted by Gasteiger charge is -2.41. The van der Waals surface area contributed by atoms with Gasteiger partial charge in [0, 0.05) is 17.8 Å². The topological polar surface area (TPSA) is 122 Å². The third-order valence-corrected chi connectivity index (χ3v) is 6.13. The Hall–Kier alpha value is -3.56. The number of pyridine rings is 1. The van der Waals surface area contributed by atoms with Crippen LogP contribution in [0.1, 0.15) is 56.7 Å². The number of rotatable bonds is 4. The molecule has 1 aliphatic carbocycles. The normalized spacial score (nSPS) is 18.0. The summed E-state index contributed by atoms with van der Waals surface area (Å²) >= 11 is 0. The molecular formula is C21H24N8O2. The molecule has 0 bridgehead atoms. The van der Waals surface area contributed by atoms with Gasteiger partial charge < -0.3 is 10.0 Å². The van der Waals surface area contributed by atoms with Crippen molar-refractivity contribution >= 4 is 17.6 Å². The van der Waals surface area contributed by atoms with E-state index in [1.807, 2.05) is 11.5 Å². The summed E-state index contributed by atoms with van der Waals surface area (Å²) < 4.78 is 2.04. The molecule has 1 amide bonds. The van der Waals surface area contributed by atoms with Crippen molar-refractivity contribution in [3.05, 3.63) is 36.3 Å². The van der Waals surface area contributed by atoms with Crippen LogP contribution >= 0.6 is 0 Å². The molecule has 0 spiro atoms. The maximum Gasteiger partial charge on any atom is 0.409 e. The average Bonchev–Trinajstić information content (AvgIpc) is 3.42. The Morgan fingerprint density at radius 2 is 2.06 bits per heavy atom. The number of aromatic nitrogens is 6. The molecule has 0 aromatic carbocycles. The van der Waals surface area contributed by atoms with Crippen molar-refractivity contribution in [1.82, 2.24) is 29.7 Å². The quantitative estimate of drug-likeness (QED) is 0.655. The summed E-state index contributed by atoms with van der Waals surface area (Å²) in [4.78, 5) is 27.2. The Balaban J connectivity index is 1.69. The number of aryl methyl sites for hydroxylation is 1. The first-order chi connectivity index (χ1) is 15.1. The van der Waals surface area contributed by atoms with Crippen molar-refractivity contribution in [1.29, 1.82) is 0 Å². The second-order valence-electron chi connectivity index (χ2n) is 7.96. The molecule has 10 nitrogen and oxygen atoms in total. The standard InChI is InChI=1S/C21H24N8O2/c1-3-16-20-27-26-12(2)28(20)17-11-23-18(14-8-9-22-10-15(14)24-21(30)31)25-19(17)29(16)13-6-4-5-7-13/h8-11,13,16,24H,3-7H2,1-2H3,(H,30,31). The molecule has 5 rings (SSSR count). The van der Waals surface area contributed by atoms with E-state index in [0.717, 1.165) is 42.4 Å². The second-order valence-corrected chi connectivity index (χ2v) is 7.96. The first-order valence-corrected chi connectivity index (χ1v) is 10.6. The van der Waals surface area contributed by atoms with Crippen LogP contribution in [0.2, 0.25) is 0 Å². The Bertz CT molecular complexity index is 1140. The molecule has 31 heavy (non-hydrogen) atoms. The van der Waals surface area contributed by atoms with E-state index in [2.05, 4.69) is 37.3 Å². The minimum atomic E-state index is -1.16. The highest BCUT2D eigenvalue weighted by atomic mass is 16.4. The number of fused-ring (bicyclic) bond motifs is 3. The van der Waals surface area contributed by atoms with E-state index in [4.69, 9.17) is 4.98 Å². The average molecular weight is 420 g/mol. The molecule has 1 fully saturated rings. The maximum absolute atomic E-state index is 11.2. The fraction of sp³-hybridized carbons (Fsp3) is 0.429. The van der Waals surface area contributed by atoms with Gasteiger partial charge >= 0.3 is 6.09 Å². The van der Waals surface area contributed by atoms with E-state index in [1.54, 1.807) is 18.5 Å². The van der Waals surface area contributed by atoms with Crippen LogP contribution in [0, 0.1) is 6.92 Å². The van der Waals surface area contributed by atoms with E-state index < -0.39 is 6.09 Å². The summed E-state index contributed by atoms with van der Waals surface area (Å²) in [6.07, 6.45) is 9.23. The van der Waals surface area contributed by atoms with Crippen molar-refractivity contribution in [2.75, 3.05) is 10.2 Å². The lowest BCUT2D eigenvalue weighted by atomic mass is 10.0. The lowest BCUT2D eigenvalue weighted by molar-refractivity contribution is 0.209. The molecule has 160 valence electrons. The van der Waals surface area contributed by atoms with Crippen LogP contribution in [-0.4, -0.2) is 47.0 Å². The predicted octanol–water partition coefficient (Wildman–Crippen LogP) is 3.73. The second kappa shape index (κ2) is 7.60. The zero-order valence-electron chi connectivity index (χ0n) is 17.5. The number of hydrogen-bond donors (Lipinski definition) is 2. The first kappa shape index (κ1) is 19.4. The number of hydrogen-bond acceptors (Lipinski definition) is 7. The number of anilines is 2. The smallest absolute Gasteiger partial charge is 0.409 e. The Morgan fingerprint density at radius 3 is 2.81 bits per heavy atom. The Kier molecular flexibility index (Phi) is 4.76. The van der Waals surface area contributed by atoms with Crippen molar-refractivity contribution < 1.29 is 9.90 Å². The number of amides is 1. The third-order valence-electron chi connectivity index (χ3n) is 6.13. The van der Waals surface area contributed by atoms with E-state index >= 15 is 0 Å². The van der Waals surface area contributed by atoms with Crippen LogP contribution < -0.4 is 10.2 Å². The molecule has 2 N–H and O–H groups in total. The SMILES string of the molecule is CCC1c2nnc(C)n2-c2cnc(-c3ccncc3NC(=O)O)nc2N1C1CCCC1.